The number of nitrogens with zero attached hydrogens (tertiary/aromatic N) is 2. The van der Waals surface area contributed by atoms with Gasteiger partial charge in [0.05, 0.1) is 11.4 Å². The first-order valence-corrected chi connectivity index (χ1v) is 9.99. The van der Waals surface area contributed by atoms with Crippen LogP contribution >= 0.6 is 11.3 Å². The van der Waals surface area contributed by atoms with Crippen LogP contribution in [0.15, 0.2) is 46.4 Å². The van der Waals surface area contributed by atoms with Crippen molar-refractivity contribution in [2.75, 3.05) is 0 Å². The van der Waals surface area contributed by atoms with Crippen molar-refractivity contribution in [2.24, 2.45) is 9.98 Å². The summed E-state index contributed by atoms with van der Waals surface area (Å²) in [7, 11) is 0. The van der Waals surface area contributed by atoms with Gasteiger partial charge in [-0.15, -0.1) is 11.3 Å². The van der Waals surface area contributed by atoms with Crippen molar-refractivity contribution in [3.8, 4) is 0 Å². The molecule has 4 heteroatoms. The van der Waals surface area contributed by atoms with Gasteiger partial charge in [0, 0.05) is 22.2 Å². The zero-order valence-corrected chi connectivity index (χ0v) is 21.2. The van der Waals surface area contributed by atoms with Crippen LogP contribution in [-0.4, -0.2) is 12.4 Å². The van der Waals surface area contributed by atoms with Crippen LogP contribution in [0, 0.1) is 56.4 Å². The molecule has 0 bridgehead atoms. The topological polar surface area (TPSA) is 24.7 Å². The van der Waals surface area contributed by atoms with Crippen molar-refractivity contribution in [3.63, 3.8) is 0 Å². The van der Waals surface area contributed by atoms with Crippen LogP contribution in [-0.2, 0) is 17.1 Å². The molecule has 0 spiro atoms. The van der Waals surface area contributed by atoms with Gasteiger partial charge >= 0.3 is 17.1 Å². The summed E-state index contributed by atoms with van der Waals surface area (Å²) in [5.74, 6) is 0. The Morgan fingerprint density at radius 2 is 0.900 bits per heavy atom. The van der Waals surface area contributed by atoms with E-state index in [4.69, 9.17) is 9.98 Å². The van der Waals surface area contributed by atoms with Crippen LogP contribution in [0.2, 0.25) is 0 Å². The van der Waals surface area contributed by atoms with Gasteiger partial charge in [-0.2, -0.15) is 0 Å². The van der Waals surface area contributed by atoms with Gasteiger partial charge in [-0.3, -0.25) is 9.98 Å². The minimum absolute atomic E-state index is 0. The van der Waals surface area contributed by atoms with E-state index in [0.717, 1.165) is 21.1 Å². The molecule has 0 saturated heterocycles. The molecule has 30 heavy (non-hydrogen) atoms. The molecule has 0 aliphatic carbocycles. The first-order chi connectivity index (χ1) is 12.8. The third-order valence-electron chi connectivity index (χ3n) is 4.56. The quantitative estimate of drug-likeness (QED) is 0.214. The van der Waals surface area contributed by atoms with Gasteiger partial charge in [0.2, 0.25) is 0 Å². The summed E-state index contributed by atoms with van der Waals surface area (Å²) < 4.78 is 0. The Hall–Kier alpha value is -2.00. The molecule has 2 aromatic carbocycles. The maximum atomic E-state index is 4.73. The first kappa shape index (κ1) is 28.0. The number of hydrogen-bond donors (Lipinski definition) is 0. The SMILES string of the molecule is Cc1cc(C)c(N=Cc2ccc(C=Nc3c(C)cc(C)cc3C)s2)c(C)c1.[CH3-].[CH3-].[Fe+2]. The number of rotatable bonds is 4. The fraction of sp³-hybridized carbons (Fsp3) is 0.231. The van der Waals surface area contributed by atoms with Crippen molar-refractivity contribution in [1.29, 1.82) is 0 Å². The molecular formula is C26H32FeN2S. The Morgan fingerprint density at radius 3 is 1.20 bits per heavy atom. The largest absolute Gasteiger partial charge is 2.00 e. The zero-order valence-electron chi connectivity index (χ0n) is 19.3. The Labute approximate surface area is 197 Å². The van der Waals surface area contributed by atoms with Gasteiger partial charge < -0.3 is 14.9 Å². The normalized spacial score (nSPS) is 10.6. The second-order valence-electron chi connectivity index (χ2n) is 7.25. The van der Waals surface area contributed by atoms with E-state index in [1.54, 1.807) is 11.3 Å². The van der Waals surface area contributed by atoms with Crippen molar-refractivity contribution in [2.45, 2.75) is 41.5 Å². The molecule has 3 rings (SSSR count). The first-order valence-electron chi connectivity index (χ1n) is 9.17. The van der Waals surface area contributed by atoms with E-state index in [-0.39, 0.29) is 31.9 Å². The van der Waals surface area contributed by atoms with E-state index in [2.05, 4.69) is 77.9 Å². The third kappa shape index (κ3) is 6.77. The molecule has 0 aliphatic heterocycles. The van der Waals surface area contributed by atoms with E-state index in [9.17, 15) is 0 Å². The monoisotopic (exact) mass is 460 g/mol. The van der Waals surface area contributed by atoms with E-state index >= 15 is 0 Å². The molecule has 0 saturated carbocycles. The zero-order chi connectivity index (χ0) is 19.6. The van der Waals surface area contributed by atoms with Crippen molar-refractivity contribution < 1.29 is 17.1 Å². The van der Waals surface area contributed by atoms with Crippen LogP contribution in [0.3, 0.4) is 0 Å². The second-order valence-corrected chi connectivity index (χ2v) is 8.40. The predicted molar refractivity (Wildman–Crippen MR) is 133 cm³/mol. The second kappa shape index (κ2) is 12.0. The minimum Gasteiger partial charge on any atom is -0.358 e. The molecule has 0 amide bonds. The van der Waals surface area contributed by atoms with E-state index < -0.39 is 0 Å². The third-order valence-corrected chi connectivity index (χ3v) is 5.51. The molecule has 1 aromatic heterocycles. The molecule has 3 aromatic rings. The maximum absolute atomic E-state index is 4.73. The summed E-state index contributed by atoms with van der Waals surface area (Å²) in [6, 6.07) is 12.9. The van der Waals surface area contributed by atoms with Gasteiger partial charge in [0.1, 0.15) is 0 Å². The van der Waals surface area contributed by atoms with Gasteiger partial charge in [-0.25, -0.2) is 0 Å². The molecule has 0 radical (unpaired) electrons. The van der Waals surface area contributed by atoms with Crippen molar-refractivity contribution in [3.05, 3.63) is 94.4 Å². The number of aryl methyl sites for hydroxylation is 6. The van der Waals surface area contributed by atoms with E-state index in [0.29, 0.717) is 0 Å². The molecule has 0 aliphatic rings. The van der Waals surface area contributed by atoms with Crippen LogP contribution < -0.4 is 0 Å². The summed E-state index contributed by atoms with van der Waals surface area (Å²) in [4.78, 5) is 11.7. The molecular weight excluding hydrogens is 428 g/mol. The summed E-state index contributed by atoms with van der Waals surface area (Å²) in [5, 5.41) is 0. The average molecular weight is 460 g/mol. The molecule has 1 heterocycles. The van der Waals surface area contributed by atoms with Crippen LogP contribution in [0.5, 0.6) is 0 Å². The summed E-state index contributed by atoms with van der Waals surface area (Å²) >= 11 is 1.70. The van der Waals surface area contributed by atoms with Crippen LogP contribution in [0.1, 0.15) is 43.1 Å². The molecule has 160 valence electrons. The number of aliphatic imine (C=N–C) groups is 2. The Balaban J connectivity index is 0.00000280. The van der Waals surface area contributed by atoms with E-state index in [1.807, 2.05) is 12.4 Å². The average Bonchev–Trinajstić information content (AvgIpc) is 3.00. The molecule has 0 fully saturated rings. The Bertz CT molecular complexity index is 917. The minimum atomic E-state index is 0. The molecule has 2 nitrogen and oxygen atoms in total. The van der Waals surface area contributed by atoms with Crippen LogP contribution in [0.25, 0.3) is 0 Å². The van der Waals surface area contributed by atoms with Crippen LogP contribution in [0.4, 0.5) is 11.4 Å². The standard InChI is InChI=1S/C24H26N2S.2CH3.Fe/c1-15-9-17(3)23(18(4)10-15)25-13-21-7-8-22(27-21)14-26-24-19(5)11-16(2)12-20(24)6;;;/h7-14H,1-6H3;2*1H3;/q;2*-1;+2. The van der Waals surface area contributed by atoms with Gasteiger partial charge in [-0.1, -0.05) is 35.4 Å². The molecule has 0 unspecified atom stereocenters. The number of thiophene rings is 1. The van der Waals surface area contributed by atoms with Gasteiger partial charge in [0.15, 0.2) is 0 Å². The number of hydrogen-bond acceptors (Lipinski definition) is 3. The summed E-state index contributed by atoms with van der Waals surface area (Å²) in [6.07, 6.45) is 3.91. The fourth-order valence-corrected chi connectivity index (χ4v) is 4.27. The van der Waals surface area contributed by atoms with Gasteiger partial charge in [0.25, 0.3) is 0 Å². The van der Waals surface area contributed by atoms with Crippen molar-refractivity contribution >= 4 is 35.1 Å². The summed E-state index contributed by atoms with van der Waals surface area (Å²) in [5.41, 5.74) is 9.55. The number of benzene rings is 2. The maximum Gasteiger partial charge on any atom is 2.00 e. The van der Waals surface area contributed by atoms with Gasteiger partial charge in [-0.05, 0) is 75.9 Å². The summed E-state index contributed by atoms with van der Waals surface area (Å²) in [6.45, 7) is 12.7. The van der Waals surface area contributed by atoms with Crippen molar-refractivity contribution in [1.82, 2.24) is 0 Å². The van der Waals surface area contributed by atoms with E-state index in [1.165, 1.54) is 33.4 Å². The predicted octanol–water partition coefficient (Wildman–Crippen LogP) is 8.00. The molecule has 0 atom stereocenters. The Morgan fingerprint density at radius 1 is 0.600 bits per heavy atom. The fourth-order valence-electron chi connectivity index (χ4n) is 3.52. The Kier molecular flexibility index (Phi) is 11.2. The molecule has 0 N–H and O–H groups in total. The smallest absolute Gasteiger partial charge is 0.358 e.